The van der Waals surface area contributed by atoms with Crippen molar-refractivity contribution in [2.45, 2.75) is 6.54 Å². The molecule has 0 aliphatic carbocycles. The summed E-state index contributed by atoms with van der Waals surface area (Å²) in [4.78, 5) is 11.9. The standard InChI is InChI=1S/C10H8ClN5O3/c11-6-1-5(2-7-9(6)19-4-18-7)10(17)12-3-8-13-15-16-14-8/h1-2H,3-4H2,(H,12,17)(H,13,14,15,16). The van der Waals surface area contributed by atoms with Gasteiger partial charge < -0.3 is 14.8 Å². The van der Waals surface area contributed by atoms with E-state index in [1.807, 2.05) is 0 Å². The molecule has 0 bridgehead atoms. The van der Waals surface area contributed by atoms with Crippen LogP contribution < -0.4 is 14.8 Å². The molecule has 0 atom stereocenters. The number of H-pyrrole nitrogens is 1. The number of rotatable bonds is 3. The number of halogens is 1. The third kappa shape index (κ3) is 2.29. The number of aromatic nitrogens is 4. The SMILES string of the molecule is O=C(NCc1nn[nH]n1)c1cc(Cl)c2c(c1)OCO2. The molecule has 2 heterocycles. The van der Waals surface area contributed by atoms with Gasteiger partial charge in [-0.25, -0.2) is 0 Å². The molecule has 0 fully saturated rings. The topological polar surface area (TPSA) is 102 Å². The number of aromatic amines is 1. The molecule has 1 aliphatic rings. The highest BCUT2D eigenvalue weighted by Gasteiger charge is 2.20. The van der Waals surface area contributed by atoms with Crippen molar-refractivity contribution in [3.8, 4) is 11.5 Å². The Hall–Kier alpha value is -2.35. The summed E-state index contributed by atoms with van der Waals surface area (Å²) in [5, 5.41) is 16.1. The van der Waals surface area contributed by atoms with Crippen LogP contribution in [0.5, 0.6) is 11.5 Å². The van der Waals surface area contributed by atoms with Crippen LogP contribution in [0, 0.1) is 0 Å². The molecule has 2 N–H and O–H groups in total. The van der Waals surface area contributed by atoms with Crippen LogP contribution in [-0.4, -0.2) is 33.3 Å². The van der Waals surface area contributed by atoms with Crippen LogP contribution in [0.25, 0.3) is 0 Å². The van der Waals surface area contributed by atoms with Gasteiger partial charge in [0.15, 0.2) is 17.3 Å². The van der Waals surface area contributed by atoms with E-state index < -0.39 is 0 Å². The maximum Gasteiger partial charge on any atom is 0.251 e. The van der Waals surface area contributed by atoms with E-state index in [9.17, 15) is 4.79 Å². The van der Waals surface area contributed by atoms with Crippen LogP contribution in [-0.2, 0) is 6.54 Å². The van der Waals surface area contributed by atoms with Crippen LogP contribution in [0.4, 0.5) is 0 Å². The second kappa shape index (κ2) is 4.73. The van der Waals surface area contributed by atoms with E-state index in [1.165, 1.54) is 6.07 Å². The summed E-state index contributed by atoms with van der Waals surface area (Å²) in [5.41, 5.74) is 0.373. The number of amides is 1. The van der Waals surface area contributed by atoms with E-state index >= 15 is 0 Å². The van der Waals surface area contributed by atoms with Crippen molar-refractivity contribution < 1.29 is 14.3 Å². The van der Waals surface area contributed by atoms with Gasteiger partial charge in [0.2, 0.25) is 6.79 Å². The summed E-state index contributed by atoms with van der Waals surface area (Å²) < 4.78 is 10.4. The first kappa shape index (κ1) is 11.7. The van der Waals surface area contributed by atoms with Gasteiger partial charge in [-0.1, -0.05) is 16.8 Å². The highest BCUT2D eigenvalue weighted by atomic mass is 35.5. The van der Waals surface area contributed by atoms with E-state index in [2.05, 4.69) is 25.9 Å². The van der Waals surface area contributed by atoms with E-state index in [4.69, 9.17) is 21.1 Å². The van der Waals surface area contributed by atoms with Crippen LogP contribution in [0.3, 0.4) is 0 Å². The normalized spacial score (nSPS) is 12.5. The Morgan fingerprint density at radius 1 is 1.47 bits per heavy atom. The lowest BCUT2D eigenvalue weighted by Crippen LogP contribution is -2.23. The number of ether oxygens (including phenoxy) is 2. The number of hydrogen-bond donors (Lipinski definition) is 2. The Morgan fingerprint density at radius 2 is 2.37 bits per heavy atom. The Balaban J connectivity index is 1.75. The first-order valence-electron chi connectivity index (χ1n) is 5.33. The van der Waals surface area contributed by atoms with Crippen molar-refractivity contribution >= 4 is 17.5 Å². The molecule has 1 aliphatic heterocycles. The summed E-state index contributed by atoms with van der Waals surface area (Å²) in [6.07, 6.45) is 0. The number of benzene rings is 1. The summed E-state index contributed by atoms with van der Waals surface area (Å²) in [6, 6.07) is 3.08. The second-order valence-corrected chi connectivity index (χ2v) is 4.11. The fourth-order valence-corrected chi connectivity index (χ4v) is 1.88. The zero-order valence-corrected chi connectivity index (χ0v) is 10.3. The fourth-order valence-electron chi connectivity index (χ4n) is 1.62. The second-order valence-electron chi connectivity index (χ2n) is 3.70. The molecule has 1 amide bonds. The van der Waals surface area contributed by atoms with Crippen molar-refractivity contribution in [1.82, 2.24) is 25.9 Å². The molecule has 19 heavy (non-hydrogen) atoms. The minimum atomic E-state index is -0.315. The molecule has 1 aromatic heterocycles. The molecular weight excluding hydrogens is 274 g/mol. The van der Waals surface area contributed by atoms with E-state index in [-0.39, 0.29) is 19.2 Å². The first-order valence-corrected chi connectivity index (χ1v) is 5.71. The first-order chi connectivity index (χ1) is 9.24. The summed E-state index contributed by atoms with van der Waals surface area (Å²) >= 11 is 5.99. The molecule has 0 saturated carbocycles. The number of fused-ring (bicyclic) bond motifs is 1. The van der Waals surface area contributed by atoms with Gasteiger partial charge in [0.05, 0.1) is 11.6 Å². The van der Waals surface area contributed by atoms with Crippen molar-refractivity contribution in [1.29, 1.82) is 0 Å². The molecule has 8 nitrogen and oxygen atoms in total. The maximum atomic E-state index is 11.9. The number of hydrogen-bond acceptors (Lipinski definition) is 6. The minimum Gasteiger partial charge on any atom is -0.454 e. The Labute approximate surface area is 112 Å². The molecule has 9 heteroatoms. The molecule has 0 spiro atoms. The predicted molar refractivity (Wildman–Crippen MR) is 62.9 cm³/mol. The molecule has 0 radical (unpaired) electrons. The van der Waals surface area contributed by atoms with Gasteiger partial charge in [-0.15, -0.1) is 10.2 Å². The van der Waals surface area contributed by atoms with Crippen LogP contribution in [0.1, 0.15) is 16.2 Å². The van der Waals surface area contributed by atoms with Crippen LogP contribution >= 0.6 is 11.6 Å². The smallest absolute Gasteiger partial charge is 0.251 e. The number of tetrazole rings is 1. The summed E-state index contributed by atoms with van der Waals surface area (Å²) in [6.45, 7) is 0.268. The van der Waals surface area contributed by atoms with Crippen molar-refractivity contribution in [2.24, 2.45) is 0 Å². The van der Waals surface area contributed by atoms with Gasteiger partial charge in [0.1, 0.15) is 0 Å². The Morgan fingerprint density at radius 3 is 3.16 bits per heavy atom. The van der Waals surface area contributed by atoms with Crippen molar-refractivity contribution in [3.05, 3.63) is 28.5 Å². The quantitative estimate of drug-likeness (QED) is 0.850. The largest absolute Gasteiger partial charge is 0.454 e. The Bertz CT molecular complexity index is 616. The van der Waals surface area contributed by atoms with Gasteiger partial charge in [0.25, 0.3) is 5.91 Å². The molecule has 0 unspecified atom stereocenters. The Kier molecular flexibility index (Phi) is 2.92. The molecule has 1 aromatic carbocycles. The number of carbonyl (C=O) groups excluding carboxylic acids is 1. The van der Waals surface area contributed by atoms with E-state index in [0.717, 1.165) is 0 Å². The lowest BCUT2D eigenvalue weighted by molar-refractivity contribution is 0.0949. The predicted octanol–water partition coefficient (Wildman–Crippen LogP) is 0.512. The average Bonchev–Trinajstić information content (AvgIpc) is 3.06. The molecule has 2 aromatic rings. The number of carbonyl (C=O) groups is 1. The highest BCUT2D eigenvalue weighted by molar-refractivity contribution is 6.32. The zero-order valence-electron chi connectivity index (χ0n) is 9.51. The van der Waals surface area contributed by atoms with E-state index in [1.54, 1.807) is 6.07 Å². The minimum absolute atomic E-state index is 0.100. The van der Waals surface area contributed by atoms with Crippen molar-refractivity contribution in [2.75, 3.05) is 6.79 Å². The van der Waals surface area contributed by atoms with Gasteiger partial charge in [-0.05, 0) is 12.1 Å². The van der Waals surface area contributed by atoms with Crippen LogP contribution in [0.2, 0.25) is 5.02 Å². The zero-order chi connectivity index (χ0) is 13.2. The molecule has 0 saturated heterocycles. The number of nitrogens with one attached hydrogen (secondary N) is 2. The monoisotopic (exact) mass is 281 g/mol. The molecule has 3 rings (SSSR count). The third-order valence-electron chi connectivity index (χ3n) is 2.49. The van der Waals surface area contributed by atoms with Crippen LogP contribution in [0.15, 0.2) is 12.1 Å². The van der Waals surface area contributed by atoms with Crippen molar-refractivity contribution in [3.63, 3.8) is 0 Å². The average molecular weight is 282 g/mol. The summed E-state index contributed by atoms with van der Waals surface area (Å²) in [5.74, 6) is 0.985. The fraction of sp³-hybridized carbons (Fsp3) is 0.200. The van der Waals surface area contributed by atoms with Gasteiger partial charge in [-0.2, -0.15) is 5.21 Å². The molecular formula is C10H8ClN5O3. The van der Waals surface area contributed by atoms with Gasteiger partial charge >= 0.3 is 0 Å². The summed E-state index contributed by atoms with van der Waals surface area (Å²) in [7, 11) is 0. The third-order valence-corrected chi connectivity index (χ3v) is 2.77. The number of nitrogens with zero attached hydrogens (tertiary/aromatic N) is 3. The van der Waals surface area contributed by atoms with Gasteiger partial charge in [0, 0.05) is 5.56 Å². The van der Waals surface area contributed by atoms with E-state index in [0.29, 0.717) is 27.9 Å². The van der Waals surface area contributed by atoms with Gasteiger partial charge in [-0.3, -0.25) is 4.79 Å². The molecule has 98 valence electrons. The highest BCUT2D eigenvalue weighted by Crippen LogP contribution is 2.39. The lowest BCUT2D eigenvalue weighted by atomic mass is 10.2. The maximum absolute atomic E-state index is 11.9. The lowest BCUT2D eigenvalue weighted by Gasteiger charge is -2.05.